The molecule has 0 aliphatic carbocycles. The maximum atomic E-state index is 12.1. The smallest absolute Gasteiger partial charge is 0.251 e. The van der Waals surface area contributed by atoms with Crippen LogP contribution in [0.3, 0.4) is 0 Å². The van der Waals surface area contributed by atoms with Crippen LogP contribution in [0.15, 0.2) is 35.1 Å². The van der Waals surface area contributed by atoms with Crippen molar-refractivity contribution in [3.05, 3.63) is 46.2 Å². The highest BCUT2D eigenvalue weighted by atomic mass is 16.5. The number of aryl methyl sites for hydroxylation is 1. The van der Waals surface area contributed by atoms with Crippen LogP contribution in [0.25, 0.3) is 10.9 Å². The van der Waals surface area contributed by atoms with Crippen LogP contribution < -0.4 is 16.2 Å². The van der Waals surface area contributed by atoms with Crippen molar-refractivity contribution in [3.8, 4) is 0 Å². The molecule has 28 heavy (non-hydrogen) atoms. The first-order valence-corrected chi connectivity index (χ1v) is 9.56. The number of ether oxygens (including phenoxy) is 1. The molecule has 0 bridgehead atoms. The number of benzene rings is 1. The van der Waals surface area contributed by atoms with Crippen LogP contribution in [0, 0.1) is 0 Å². The maximum absolute atomic E-state index is 12.1. The van der Waals surface area contributed by atoms with E-state index in [2.05, 4.69) is 20.5 Å². The topological polar surface area (TPSA) is 104 Å². The van der Waals surface area contributed by atoms with Crippen molar-refractivity contribution < 1.29 is 14.3 Å². The van der Waals surface area contributed by atoms with Gasteiger partial charge in [0.15, 0.2) is 0 Å². The van der Waals surface area contributed by atoms with Gasteiger partial charge in [-0.15, -0.1) is 0 Å². The van der Waals surface area contributed by atoms with Crippen LogP contribution in [0.4, 0.5) is 0 Å². The van der Waals surface area contributed by atoms with Gasteiger partial charge in [-0.2, -0.15) is 0 Å². The molecule has 2 aromatic rings. The van der Waals surface area contributed by atoms with E-state index in [1.807, 2.05) is 24.3 Å². The lowest BCUT2D eigenvalue weighted by Gasteiger charge is -2.26. The van der Waals surface area contributed by atoms with Crippen LogP contribution in [-0.2, 0) is 20.7 Å². The summed E-state index contributed by atoms with van der Waals surface area (Å²) >= 11 is 0. The molecule has 1 aliphatic rings. The van der Waals surface area contributed by atoms with Crippen molar-refractivity contribution in [1.82, 2.24) is 20.5 Å². The van der Waals surface area contributed by atoms with Crippen molar-refractivity contribution in [3.63, 3.8) is 0 Å². The summed E-state index contributed by atoms with van der Waals surface area (Å²) in [5, 5.41) is 6.33. The van der Waals surface area contributed by atoms with Gasteiger partial charge >= 0.3 is 0 Å². The maximum Gasteiger partial charge on any atom is 0.251 e. The standard InChI is InChI=1S/C20H26N4O4/c25-18(22-14-19(26)21-7-8-24-9-11-28-12-10-24)6-5-16-13-15-3-1-2-4-17(15)23-20(16)27/h1-4,13H,5-12,14H2,(H,21,26)(H,22,25)(H,23,27). The highest BCUT2D eigenvalue weighted by Crippen LogP contribution is 2.10. The molecule has 8 nitrogen and oxygen atoms in total. The third-order valence-electron chi connectivity index (χ3n) is 4.75. The molecule has 1 aromatic carbocycles. The Kier molecular flexibility index (Phi) is 7.16. The predicted octanol–water partition coefficient (Wildman–Crippen LogP) is 0.0253. The molecular weight excluding hydrogens is 360 g/mol. The molecule has 150 valence electrons. The summed E-state index contributed by atoms with van der Waals surface area (Å²) in [6, 6.07) is 9.31. The fourth-order valence-corrected chi connectivity index (χ4v) is 3.13. The molecule has 3 rings (SSSR count). The Morgan fingerprint density at radius 1 is 1.11 bits per heavy atom. The number of rotatable bonds is 8. The number of nitrogens with zero attached hydrogens (tertiary/aromatic N) is 1. The number of hydrogen-bond acceptors (Lipinski definition) is 5. The largest absolute Gasteiger partial charge is 0.379 e. The molecule has 0 atom stereocenters. The number of nitrogens with one attached hydrogen (secondary N) is 3. The van der Waals surface area contributed by atoms with E-state index >= 15 is 0 Å². The van der Waals surface area contributed by atoms with Crippen LogP contribution in [-0.4, -0.2) is 67.6 Å². The monoisotopic (exact) mass is 386 g/mol. The zero-order chi connectivity index (χ0) is 19.8. The Balaban J connectivity index is 1.36. The van der Waals surface area contributed by atoms with Crippen molar-refractivity contribution in [2.45, 2.75) is 12.8 Å². The Morgan fingerprint density at radius 2 is 1.89 bits per heavy atom. The molecule has 8 heteroatoms. The van der Waals surface area contributed by atoms with E-state index in [9.17, 15) is 14.4 Å². The lowest BCUT2D eigenvalue weighted by Crippen LogP contribution is -2.43. The minimum Gasteiger partial charge on any atom is -0.379 e. The van der Waals surface area contributed by atoms with Crippen LogP contribution >= 0.6 is 0 Å². The Labute approximate surface area is 163 Å². The molecule has 0 unspecified atom stereocenters. The van der Waals surface area contributed by atoms with Gasteiger partial charge in [-0.05, 0) is 23.9 Å². The summed E-state index contributed by atoms with van der Waals surface area (Å²) in [7, 11) is 0. The van der Waals surface area contributed by atoms with Gasteiger partial charge in [0.1, 0.15) is 0 Å². The number of carbonyl (C=O) groups is 2. The Bertz CT molecular complexity index is 874. The first-order chi connectivity index (χ1) is 13.6. The summed E-state index contributed by atoms with van der Waals surface area (Å²) in [5.74, 6) is -0.471. The number of fused-ring (bicyclic) bond motifs is 1. The number of amides is 2. The summed E-state index contributed by atoms with van der Waals surface area (Å²) in [4.78, 5) is 41.0. The molecule has 2 heterocycles. The van der Waals surface area contributed by atoms with E-state index in [-0.39, 0.29) is 30.3 Å². The van der Waals surface area contributed by atoms with Gasteiger partial charge in [0, 0.05) is 43.7 Å². The molecular formula is C20H26N4O4. The van der Waals surface area contributed by atoms with E-state index in [4.69, 9.17) is 4.74 Å². The number of para-hydroxylation sites is 1. The number of aromatic nitrogens is 1. The summed E-state index contributed by atoms with van der Waals surface area (Å²) in [5.41, 5.74) is 1.14. The fourth-order valence-electron chi connectivity index (χ4n) is 3.13. The average molecular weight is 386 g/mol. The van der Waals surface area contributed by atoms with Crippen LogP contribution in [0.5, 0.6) is 0 Å². The van der Waals surface area contributed by atoms with Crippen LogP contribution in [0.2, 0.25) is 0 Å². The SMILES string of the molecule is O=C(CCc1cc2ccccc2[nH]c1=O)NCC(=O)NCCN1CCOCC1. The average Bonchev–Trinajstić information content (AvgIpc) is 2.71. The number of hydrogen-bond donors (Lipinski definition) is 3. The number of morpholine rings is 1. The second kappa shape index (κ2) is 10.0. The predicted molar refractivity (Wildman–Crippen MR) is 106 cm³/mol. The molecule has 0 spiro atoms. The fraction of sp³-hybridized carbons (Fsp3) is 0.450. The van der Waals surface area contributed by atoms with Gasteiger partial charge in [0.25, 0.3) is 5.56 Å². The number of pyridine rings is 1. The van der Waals surface area contributed by atoms with Gasteiger partial charge in [-0.25, -0.2) is 0 Å². The number of H-pyrrole nitrogens is 1. The normalized spacial score (nSPS) is 14.7. The first-order valence-electron chi connectivity index (χ1n) is 9.56. The molecule has 3 N–H and O–H groups in total. The first kappa shape index (κ1) is 20.0. The number of aromatic amines is 1. The highest BCUT2D eigenvalue weighted by Gasteiger charge is 2.11. The zero-order valence-electron chi connectivity index (χ0n) is 15.8. The molecule has 0 radical (unpaired) electrons. The highest BCUT2D eigenvalue weighted by molar-refractivity contribution is 5.85. The molecule has 1 aliphatic heterocycles. The molecule has 0 saturated carbocycles. The Morgan fingerprint density at radius 3 is 2.71 bits per heavy atom. The lowest BCUT2D eigenvalue weighted by molar-refractivity contribution is -0.126. The molecule has 1 fully saturated rings. The third-order valence-corrected chi connectivity index (χ3v) is 4.75. The molecule has 2 amide bonds. The summed E-state index contributed by atoms with van der Waals surface area (Å²) in [6.45, 7) is 4.46. The van der Waals surface area contributed by atoms with Crippen molar-refractivity contribution in [2.24, 2.45) is 0 Å². The van der Waals surface area contributed by atoms with Crippen LogP contribution in [0.1, 0.15) is 12.0 Å². The lowest BCUT2D eigenvalue weighted by atomic mass is 10.1. The summed E-state index contributed by atoms with van der Waals surface area (Å²) < 4.78 is 5.28. The van der Waals surface area contributed by atoms with Crippen molar-refractivity contribution in [2.75, 3.05) is 45.9 Å². The molecule has 1 saturated heterocycles. The van der Waals surface area contributed by atoms with Gasteiger partial charge in [-0.1, -0.05) is 18.2 Å². The van der Waals surface area contributed by atoms with Gasteiger partial charge in [0.2, 0.25) is 11.8 Å². The third kappa shape index (κ3) is 5.90. The van der Waals surface area contributed by atoms with E-state index in [1.165, 1.54) is 0 Å². The van der Waals surface area contributed by atoms with E-state index in [0.29, 0.717) is 18.5 Å². The second-order valence-corrected chi connectivity index (χ2v) is 6.79. The minimum absolute atomic E-state index is 0.0595. The van der Waals surface area contributed by atoms with Gasteiger partial charge in [-0.3, -0.25) is 19.3 Å². The Hall–Kier alpha value is -2.71. The quantitative estimate of drug-likeness (QED) is 0.594. The zero-order valence-corrected chi connectivity index (χ0v) is 15.8. The minimum atomic E-state index is -0.254. The van der Waals surface area contributed by atoms with Gasteiger partial charge in [0.05, 0.1) is 19.8 Å². The number of carbonyl (C=O) groups excluding carboxylic acids is 2. The van der Waals surface area contributed by atoms with Crippen molar-refractivity contribution >= 4 is 22.7 Å². The van der Waals surface area contributed by atoms with E-state index < -0.39 is 0 Å². The second-order valence-electron chi connectivity index (χ2n) is 6.79. The summed E-state index contributed by atoms with van der Waals surface area (Å²) in [6.07, 6.45) is 0.479. The molecule has 1 aromatic heterocycles. The van der Waals surface area contributed by atoms with Gasteiger partial charge < -0.3 is 20.4 Å². The van der Waals surface area contributed by atoms with E-state index in [1.54, 1.807) is 6.07 Å². The van der Waals surface area contributed by atoms with Crippen molar-refractivity contribution in [1.29, 1.82) is 0 Å². The van der Waals surface area contributed by atoms with E-state index in [0.717, 1.165) is 43.8 Å².